The Kier molecular flexibility index (Phi) is 5.69. The van der Waals surface area contributed by atoms with E-state index in [1.807, 2.05) is 20.8 Å². The molecule has 0 fully saturated rings. The molecule has 17 heavy (non-hydrogen) atoms. The van der Waals surface area contributed by atoms with Crippen LogP contribution in [0.1, 0.15) is 33.6 Å². The molecule has 0 radical (unpaired) electrons. The molecule has 1 rings (SSSR count). The number of hydrogen-bond donors (Lipinski definition) is 2. The van der Waals surface area contributed by atoms with Gasteiger partial charge in [-0.15, -0.1) is 0 Å². The number of rotatable bonds is 7. The predicted octanol–water partition coefficient (Wildman–Crippen LogP) is 1.84. The molecule has 2 N–H and O–H groups in total. The lowest BCUT2D eigenvalue weighted by molar-refractivity contribution is 0.176. The highest BCUT2D eigenvalue weighted by molar-refractivity contribution is 5.37. The number of nitrogens with one attached hydrogen (secondary N) is 1. The van der Waals surface area contributed by atoms with Gasteiger partial charge in [0.15, 0.2) is 0 Å². The second-order valence-corrected chi connectivity index (χ2v) is 4.23. The molecule has 1 aromatic rings. The Balaban J connectivity index is 2.48. The van der Waals surface area contributed by atoms with Gasteiger partial charge in [0, 0.05) is 12.6 Å². The van der Waals surface area contributed by atoms with Crippen LogP contribution in [0, 0.1) is 0 Å². The van der Waals surface area contributed by atoms with Crippen LogP contribution >= 0.6 is 0 Å². The molecule has 0 spiro atoms. The Morgan fingerprint density at radius 3 is 2.82 bits per heavy atom. The lowest BCUT2D eigenvalue weighted by Gasteiger charge is -2.12. The molecule has 1 aromatic heterocycles. The fraction of sp³-hybridized carbons (Fsp3) is 0.667. The molecule has 0 amide bonds. The Bertz CT molecular complexity index is 331. The standard InChI is InChI=1S/C12H21N3O2/c1-4-5-10(16)7-13-11-6-12(15-8-14-11)17-9(2)3/h6,8-10,16H,4-5,7H2,1-3H3,(H,13,14,15). The van der Waals surface area contributed by atoms with E-state index in [1.165, 1.54) is 6.33 Å². The van der Waals surface area contributed by atoms with Crippen molar-refractivity contribution in [2.45, 2.75) is 45.8 Å². The van der Waals surface area contributed by atoms with Crippen LogP contribution in [0.5, 0.6) is 5.88 Å². The highest BCUT2D eigenvalue weighted by atomic mass is 16.5. The van der Waals surface area contributed by atoms with Gasteiger partial charge in [-0.05, 0) is 20.3 Å². The summed E-state index contributed by atoms with van der Waals surface area (Å²) in [4.78, 5) is 8.07. The summed E-state index contributed by atoms with van der Waals surface area (Å²) < 4.78 is 5.46. The minimum Gasteiger partial charge on any atom is -0.475 e. The summed E-state index contributed by atoms with van der Waals surface area (Å²) >= 11 is 0. The fourth-order valence-corrected chi connectivity index (χ4v) is 1.40. The molecule has 0 aliphatic heterocycles. The van der Waals surface area contributed by atoms with Crippen molar-refractivity contribution in [3.63, 3.8) is 0 Å². The quantitative estimate of drug-likeness (QED) is 0.760. The molecule has 0 aliphatic carbocycles. The maximum absolute atomic E-state index is 9.59. The van der Waals surface area contributed by atoms with E-state index in [2.05, 4.69) is 15.3 Å². The third-order valence-electron chi connectivity index (χ3n) is 2.14. The van der Waals surface area contributed by atoms with Crippen LogP contribution in [-0.2, 0) is 0 Å². The van der Waals surface area contributed by atoms with E-state index < -0.39 is 0 Å². The summed E-state index contributed by atoms with van der Waals surface area (Å²) in [7, 11) is 0. The van der Waals surface area contributed by atoms with Crippen LogP contribution in [-0.4, -0.2) is 33.8 Å². The minimum absolute atomic E-state index is 0.0865. The van der Waals surface area contributed by atoms with Crippen molar-refractivity contribution < 1.29 is 9.84 Å². The Morgan fingerprint density at radius 1 is 1.41 bits per heavy atom. The van der Waals surface area contributed by atoms with Gasteiger partial charge >= 0.3 is 0 Å². The first kappa shape index (κ1) is 13.7. The number of anilines is 1. The van der Waals surface area contributed by atoms with Crippen molar-refractivity contribution in [1.29, 1.82) is 0 Å². The molecule has 5 heteroatoms. The summed E-state index contributed by atoms with van der Waals surface area (Å²) in [6, 6.07) is 1.73. The maximum atomic E-state index is 9.59. The highest BCUT2D eigenvalue weighted by Gasteiger charge is 2.05. The molecule has 0 aliphatic rings. The molecule has 0 saturated heterocycles. The molecule has 0 bridgehead atoms. The van der Waals surface area contributed by atoms with Gasteiger partial charge in [-0.1, -0.05) is 13.3 Å². The largest absolute Gasteiger partial charge is 0.475 e. The van der Waals surface area contributed by atoms with Gasteiger partial charge in [0.2, 0.25) is 5.88 Å². The third-order valence-corrected chi connectivity index (χ3v) is 2.14. The predicted molar refractivity (Wildman–Crippen MR) is 67.2 cm³/mol. The van der Waals surface area contributed by atoms with Gasteiger partial charge in [-0.25, -0.2) is 9.97 Å². The molecular formula is C12H21N3O2. The van der Waals surface area contributed by atoms with E-state index in [0.717, 1.165) is 12.8 Å². The van der Waals surface area contributed by atoms with Gasteiger partial charge in [-0.2, -0.15) is 0 Å². The normalized spacial score (nSPS) is 12.5. The van der Waals surface area contributed by atoms with Crippen LogP contribution in [0.25, 0.3) is 0 Å². The number of aromatic nitrogens is 2. The third kappa shape index (κ3) is 5.49. The SMILES string of the molecule is CCCC(O)CNc1cc(OC(C)C)ncn1. The van der Waals surface area contributed by atoms with E-state index in [1.54, 1.807) is 6.07 Å². The van der Waals surface area contributed by atoms with Gasteiger partial charge in [0.1, 0.15) is 12.1 Å². The van der Waals surface area contributed by atoms with Crippen molar-refractivity contribution in [1.82, 2.24) is 9.97 Å². The smallest absolute Gasteiger partial charge is 0.218 e. The molecule has 1 heterocycles. The number of aliphatic hydroxyl groups is 1. The lowest BCUT2D eigenvalue weighted by Crippen LogP contribution is -2.19. The van der Waals surface area contributed by atoms with E-state index in [-0.39, 0.29) is 12.2 Å². The van der Waals surface area contributed by atoms with Gasteiger partial charge in [-0.3, -0.25) is 0 Å². The van der Waals surface area contributed by atoms with Crippen molar-refractivity contribution in [3.8, 4) is 5.88 Å². The van der Waals surface area contributed by atoms with E-state index in [9.17, 15) is 5.11 Å². The molecular weight excluding hydrogens is 218 g/mol. The van der Waals surface area contributed by atoms with Gasteiger partial charge < -0.3 is 15.2 Å². The molecule has 0 saturated carbocycles. The number of hydrogen-bond acceptors (Lipinski definition) is 5. The number of aliphatic hydroxyl groups excluding tert-OH is 1. The first-order valence-corrected chi connectivity index (χ1v) is 6.02. The van der Waals surface area contributed by atoms with Crippen molar-refractivity contribution in [3.05, 3.63) is 12.4 Å². The zero-order valence-electron chi connectivity index (χ0n) is 10.7. The summed E-state index contributed by atoms with van der Waals surface area (Å²) in [5.74, 6) is 1.22. The van der Waals surface area contributed by atoms with E-state index in [4.69, 9.17) is 4.74 Å². The van der Waals surface area contributed by atoms with Gasteiger partial charge in [0.05, 0.1) is 12.2 Å². The lowest BCUT2D eigenvalue weighted by atomic mass is 10.2. The number of nitrogens with zero attached hydrogens (tertiary/aromatic N) is 2. The van der Waals surface area contributed by atoms with Crippen LogP contribution in [0.2, 0.25) is 0 Å². The average Bonchev–Trinajstić information content (AvgIpc) is 2.26. The second kappa shape index (κ2) is 7.06. The van der Waals surface area contributed by atoms with Crippen LogP contribution in [0.15, 0.2) is 12.4 Å². The van der Waals surface area contributed by atoms with Crippen molar-refractivity contribution in [2.24, 2.45) is 0 Å². The van der Waals surface area contributed by atoms with Crippen LogP contribution < -0.4 is 10.1 Å². The molecule has 5 nitrogen and oxygen atoms in total. The summed E-state index contributed by atoms with van der Waals surface area (Å²) in [6.07, 6.45) is 2.95. The topological polar surface area (TPSA) is 67.3 Å². The van der Waals surface area contributed by atoms with Crippen LogP contribution in [0.3, 0.4) is 0 Å². The van der Waals surface area contributed by atoms with Crippen molar-refractivity contribution in [2.75, 3.05) is 11.9 Å². The van der Waals surface area contributed by atoms with Crippen molar-refractivity contribution >= 4 is 5.82 Å². The van der Waals surface area contributed by atoms with Crippen LogP contribution in [0.4, 0.5) is 5.82 Å². The Hall–Kier alpha value is -1.36. The Morgan fingerprint density at radius 2 is 2.18 bits per heavy atom. The van der Waals surface area contributed by atoms with Gasteiger partial charge in [0.25, 0.3) is 0 Å². The average molecular weight is 239 g/mol. The zero-order valence-corrected chi connectivity index (χ0v) is 10.7. The summed E-state index contributed by atoms with van der Waals surface area (Å²) in [6.45, 7) is 6.43. The first-order chi connectivity index (χ1) is 8.11. The minimum atomic E-state index is -0.343. The fourth-order valence-electron chi connectivity index (χ4n) is 1.40. The second-order valence-electron chi connectivity index (χ2n) is 4.23. The van der Waals surface area contributed by atoms with E-state index in [0.29, 0.717) is 18.2 Å². The monoisotopic (exact) mass is 239 g/mol. The summed E-state index contributed by atoms with van der Waals surface area (Å²) in [5, 5.41) is 12.6. The summed E-state index contributed by atoms with van der Waals surface area (Å²) in [5.41, 5.74) is 0. The van der Waals surface area contributed by atoms with E-state index >= 15 is 0 Å². The molecule has 1 unspecified atom stereocenters. The molecule has 0 aromatic carbocycles. The zero-order chi connectivity index (χ0) is 12.7. The Labute approximate surface area is 102 Å². The molecule has 96 valence electrons. The molecule has 1 atom stereocenters. The first-order valence-electron chi connectivity index (χ1n) is 6.02. The number of ether oxygens (including phenoxy) is 1. The maximum Gasteiger partial charge on any atom is 0.218 e. The highest BCUT2D eigenvalue weighted by Crippen LogP contribution is 2.12.